The zero-order valence-electron chi connectivity index (χ0n) is 11.1. The molecule has 1 aliphatic heterocycles. The van der Waals surface area contributed by atoms with Crippen LogP contribution in [-0.4, -0.2) is 74.8 Å². The van der Waals surface area contributed by atoms with E-state index in [4.69, 9.17) is 9.84 Å². The number of ether oxygens (including phenoxy) is 1. The largest absolute Gasteiger partial charge is 0.544 e. The first kappa shape index (κ1) is 17.5. The molecular formula is C11H16NO9-. The Kier molecular flexibility index (Phi) is 5.36. The van der Waals surface area contributed by atoms with Gasteiger partial charge in [-0.25, -0.2) is 0 Å². The standard InChI is InChI=1S/C11H17NO9/c1-4(14)12-7-5(15)2-11(20,10(18)19)21-9(7)8(17)6(16)3-13/h6-9,13,16-17,20H,2-3H2,1H3,(H,12,14)(H,18,19)/p-1/t6-,7-,8-,9-,11?/m1/s1. The smallest absolute Gasteiger partial charge is 0.217 e. The van der Waals surface area contributed by atoms with Crippen LogP contribution in [0.4, 0.5) is 0 Å². The van der Waals surface area contributed by atoms with E-state index >= 15 is 0 Å². The van der Waals surface area contributed by atoms with Crippen LogP contribution in [0.25, 0.3) is 0 Å². The highest BCUT2D eigenvalue weighted by Crippen LogP contribution is 2.27. The van der Waals surface area contributed by atoms with Crippen molar-refractivity contribution in [2.75, 3.05) is 6.61 Å². The van der Waals surface area contributed by atoms with E-state index in [1.54, 1.807) is 0 Å². The monoisotopic (exact) mass is 306 g/mol. The van der Waals surface area contributed by atoms with Gasteiger partial charge in [0, 0.05) is 6.92 Å². The molecule has 120 valence electrons. The first-order valence-electron chi connectivity index (χ1n) is 6.01. The van der Waals surface area contributed by atoms with E-state index in [0.29, 0.717) is 0 Å². The molecule has 1 amide bonds. The van der Waals surface area contributed by atoms with Crippen molar-refractivity contribution in [1.82, 2.24) is 5.32 Å². The zero-order valence-corrected chi connectivity index (χ0v) is 11.1. The summed E-state index contributed by atoms with van der Waals surface area (Å²) in [6.07, 6.45) is -6.48. The molecule has 1 unspecified atom stereocenters. The summed E-state index contributed by atoms with van der Waals surface area (Å²) in [6.45, 7) is 0.157. The van der Waals surface area contributed by atoms with Gasteiger partial charge in [0.2, 0.25) is 11.7 Å². The number of aliphatic hydroxyl groups excluding tert-OH is 3. The Morgan fingerprint density at radius 3 is 2.52 bits per heavy atom. The SMILES string of the molecule is CC(=O)N[C@@H]1C(=O)CC(O)(C(=O)[O-])O[C@H]1[C@H](O)[C@H](O)CO. The fourth-order valence-corrected chi connectivity index (χ4v) is 1.96. The van der Waals surface area contributed by atoms with Gasteiger partial charge in [-0.3, -0.25) is 9.59 Å². The van der Waals surface area contributed by atoms with Crippen molar-refractivity contribution < 1.29 is 44.7 Å². The van der Waals surface area contributed by atoms with E-state index in [-0.39, 0.29) is 0 Å². The number of carboxylic acid groups (broad SMARTS) is 1. The van der Waals surface area contributed by atoms with E-state index in [2.05, 4.69) is 5.32 Å². The molecule has 21 heavy (non-hydrogen) atoms. The summed E-state index contributed by atoms with van der Waals surface area (Å²) in [4.78, 5) is 33.8. The molecule has 0 aromatic carbocycles. The highest BCUT2D eigenvalue weighted by molar-refractivity contribution is 5.93. The molecule has 0 aromatic heterocycles. The molecule has 1 rings (SSSR count). The third-order valence-electron chi connectivity index (χ3n) is 3.02. The van der Waals surface area contributed by atoms with Gasteiger partial charge in [0.05, 0.1) is 13.0 Å². The van der Waals surface area contributed by atoms with E-state index < -0.39 is 60.8 Å². The summed E-state index contributed by atoms with van der Waals surface area (Å²) >= 11 is 0. The Labute approximate surface area is 119 Å². The van der Waals surface area contributed by atoms with Crippen molar-refractivity contribution >= 4 is 17.7 Å². The number of Topliss-reactive ketones (excluding diaryl/α,β-unsaturated/α-hetero) is 1. The molecule has 5 atom stereocenters. The van der Waals surface area contributed by atoms with Crippen molar-refractivity contribution in [3.05, 3.63) is 0 Å². The second-order valence-electron chi connectivity index (χ2n) is 4.72. The predicted molar refractivity (Wildman–Crippen MR) is 61.2 cm³/mol. The van der Waals surface area contributed by atoms with Crippen LogP contribution in [0.3, 0.4) is 0 Å². The Morgan fingerprint density at radius 1 is 1.52 bits per heavy atom. The normalized spacial score (nSPS) is 32.3. The maximum atomic E-state index is 11.9. The maximum absolute atomic E-state index is 11.9. The minimum atomic E-state index is -2.99. The zero-order chi connectivity index (χ0) is 16.4. The van der Waals surface area contributed by atoms with Gasteiger partial charge in [-0.1, -0.05) is 0 Å². The van der Waals surface area contributed by atoms with Gasteiger partial charge in [-0.15, -0.1) is 0 Å². The van der Waals surface area contributed by atoms with Crippen molar-refractivity contribution in [1.29, 1.82) is 0 Å². The number of rotatable bonds is 5. The number of amides is 1. The lowest BCUT2D eigenvalue weighted by Crippen LogP contribution is -2.67. The number of hydrogen-bond acceptors (Lipinski definition) is 9. The molecule has 0 saturated carbocycles. The summed E-state index contributed by atoms with van der Waals surface area (Å²) in [6, 6.07) is -1.49. The second kappa shape index (κ2) is 6.45. The first-order chi connectivity index (χ1) is 9.62. The summed E-state index contributed by atoms with van der Waals surface area (Å²) in [5, 5.41) is 50.6. The Morgan fingerprint density at radius 2 is 2.10 bits per heavy atom. The quantitative estimate of drug-likeness (QED) is 0.333. The lowest BCUT2D eigenvalue weighted by Gasteiger charge is -2.43. The molecule has 0 bridgehead atoms. The van der Waals surface area contributed by atoms with Crippen molar-refractivity contribution in [3.63, 3.8) is 0 Å². The number of aliphatic carboxylic acids is 1. The first-order valence-corrected chi connectivity index (χ1v) is 6.01. The van der Waals surface area contributed by atoms with Gasteiger partial charge in [-0.05, 0) is 0 Å². The molecule has 1 fully saturated rings. The average Bonchev–Trinajstić information content (AvgIpc) is 2.39. The van der Waals surface area contributed by atoms with Gasteiger partial charge in [-0.2, -0.15) is 0 Å². The van der Waals surface area contributed by atoms with E-state index in [1.807, 2.05) is 0 Å². The maximum Gasteiger partial charge on any atom is 0.217 e. The Balaban J connectivity index is 3.10. The van der Waals surface area contributed by atoms with Crippen LogP contribution in [0, 0.1) is 0 Å². The summed E-state index contributed by atoms with van der Waals surface area (Å²) < 4.78 is 4.74. The van der Waals surface area contributed by atoms with E-state index in [1.165, 1.54) is 0 Å². The molecule has 5 N–H and O–H groups in total. The number of carbonyl (C=O) groups is 3. The van der Waals surface area contributed by atoms with Gasteiger partial charge >= 0.3 is 0 Å². The average molecular weight is 306 g/mol. The Hall–Kier alpha value is -1.59. The van der Waals surface area contributed by atoms with Crippen LogP contribution in [0.2, 0.25) is 0 Å². The van der Waals surface area contributed by atoms with Crippen molar-refractivity contribution in [3.8, 4) is 0 Å². The number of carbonyl (C=O) groups excluding carboxylic acids is 3. The summed E-state index contributed by atoms with van der Waals surface area (Å²) in [7, 11) is 0. The molecule has 1 heterocycles. The number of nitrogens with one attached hydrogen (secondary N) is 1. The molecule has 0 spiro atoms. The molecule has 10 heteroatoms. The molecule has 1 aliphatic rings. The van der Waals surface area contributed by atoms with Crippen molar-refractivity contribution in [2.45, 2.75) is 43.5 Å². The number of aliphatic hydroxyl groups is 4. The van der Waals surface area contributed by atoms with E-state index in [9.17, 15) is 34.8 Å². The third kappa shape index (κ3) is 3.74. The van der Waals surface area contributed by atoms with Gasteiger partial charge in [0.15, 0.2) is 5.78 Å². The second-order valence-corrected chi connectivity index (χ2v) is 4.72. The molecular weight excluding hydrogens is 290 g/mol. The van der Waals surface area contributed by atoms with Crippen LogP contribution < -0.4 is 10.4 Å². The van der Waals surface area contributed by atoms with Crippen LogP contribution >= 0.6 is 0 Å². The number of hydrogen-bond donors (Lipinski definition) is 5. The minimum Gasteiger partial charge on any atom is -0.544 e. The molecule has 10 nitrogen and oxygen atoms in total. The Bertz CT molecular complexity index is 439. The molecule has 0 aromatic rings. The third-order valence-corrected chi connectivity index (χ3v) is 3.02. The van der Waals surface area contributed by atoms with Crippen LogP contribution in [0.5, 0.6) is 0 Å². The lowest BCUT2D eigenvalue weighted by atomic mass is 9.90. The predicted octanol–water partition coefficient (Wildman–Crippen LogP) is -5.00. The fraction of sp³-hybridized carbons (Fsp3) is 0.727. The van der Waals surface area contributed by atoms with Gasteiger partial charge < -0.3 is 40.4 Å². The van der Waals surface area contributed by atoms with E-state index in [0.717, 1.165) is 6.92 Å². The minimum absolute atomic E-state index is 0.675. The summed E-state index contributed by atoms with van der Waals surface area (Å²) in [5.41, 5.74) is 0. The lowest BCUT2D eigenvalue weighted by molar-refractivity contribution is -0.364. The number of carboxylic acids is 1. The topological polar surface area (TPSA) is 176 Å². The highest BCUT2D eigenvalue weighted by Gasteiger charge is 2.50. The van der Waals surface area contributed by atoms with Crippen LogP contribution in [0.1, 0.15) is 13.3 Å². The van der Waals surface area contributed by atoms with Crippen LogP contribution in [0.15, 0.2) is 0 Å². The number of ketones is 1. The summed E-state index contributed by atoms with van der Waals surface area (Å²) in [5.74, 6) is -6.70. The highest BCUT2D eigenvalue weighted by atomic mass is 16.7. The molecule has 1 saturated heterocycles. The van der Waals surface area contributed by atoms with Crippen LogP contribution in [-0.2, 0) is 19.1 Å². The van der Waals surface area contributed by atoms with Crippen molar-refractivity contribution in [2.24, 2.45) is 0 Å². The van der Waals surface area contributed by atoms with Gasteiger partial charge in [0.1, 0.15) is 30.3 Å². The fourth-order valence-electron chi connectivity index (χ4n) is 1.96. The molecule has 0 aliphatic carbocycles. The van der Waals surface area contributed by atoms with Gasteiger partial charge in [0.25, 0.3) is 0 Å². The molecule has 0 radical (unpaired) electrons.